The first-order valence-electron chi connectivity index (χ1n) is 6.69. The number of nitrogens with zero attached hydrogens (tertiary/aromatic N) is 7. The molecular formula is C15H11N7. The average molecular weight is 289 g/mol. The van der Waals surface area contributed by atoms with E-state index in [1.165, 1.54) is 0 Å². The summed E-state index contributed by atoms with van der Waals surface area (Å²) >= 11 is 0. The van der Waals surface area contributed by atoms with Crippen molar-refractivity contribution < 1.29 is 0 Å². The van der Waals surface area contributed by atoms with Gasteiger partial charge in [-0.2, -0.15) is 10.2 Å². The Morgan fingerprint density at radius 3 is 2.55 bits per heavy atom. The third-order valence-corrected chi connectivity index (χ3v) is 3.13. The number of aromatic nitrogens is 7. The van der Waals surface area contributed by atoms with Crippen LogP contribution in [0.1, 0.15) is 0 Å². The monoisotopic (exact) mass is 289 g/mol. The van der Waals surface area contributed by atoms with Crippen LogP contribution in [-0.4, -0.2) is 34.5 Å². The minimum atomic E-state index is 0.598. The van der Waals surface area contributed by atoms with E-state index >= 15 is 0 Å². The van der Waals surface area contributed by atoms with Gasteiger partial charge in [0.05, 0.1) is 24.3 Å². The zero-order valence-electron chi connectivity index (χ0n) is 11.5. The molecule has 0 amide bonds. The first kappa shape index (κ1) is 12.4. The topological polar surface area (TPSA) is 74.3 Å². The molecule has 0 unspecified atom stereocenters. The Morgan fingerprint density at radius 2 is 1.73 bits per heavy atom. The molecule has 0 saturated heterocycles. The molecule has 0 saturated carbocycles. The molecule has 7 nitrogen and oxygen atoms in total. The molecule has 4 aromatic heterocycles. The summed E-state index contributed by atoms with van der Waals surface area (Å²) in [5, 5.41) is 8.81. The van der Waals surface area contributed by atoms with Crippen molar-refractivity contribution in [1.82, 2.24) is 34.5 Å². The van der Waals surface area contributed by atoms with Crippen LogP contribution in [0, 0.1) is 0 Å². The van der Waals surface area contributed by atoms with E-state index in [1.807, 2.05) is 30.6 Å². The maximum absolute atomic E-state index is 4.48. The summed E-state index contributed by atoms with van der Waals surface area (Å²) in [6, 6.07) is 7.46. The molecule has 0 spiro atoms. The minimum absolute atomic E-state index is 0.598. The highest BCUT2D eigenvalue weighted by Crippen LogP contribution is 2.14. The highest BCUT2D eigenvalue weighted by molar-refractivity contribution is 5.48. The van der Waals surface area contributed by atoms with Gasteiger partial charge in [-0.1, -0.05) is 0 Å². The predicted molar refractivity (Wildman–Crippen MR) is 79.5 cm³/mol. The van der Waals surface area contributed by atoms with E-state index in [0.717, 1.165) is 17.1 Å². The number of pyridine rings is 1. The van der Waals surface area contributed by atoms with Gasteiger partial charge in [0.1, 0.15) is 11.4 Å². The summed E-state index contributed by atoms with van der Waals surface area (Å²) in [4.78, 5) is 12.5. The van der Waals surface area contributed by atoms with E-state index in [4.69, 9.17) is 0 Å². The van der Waals surface area contributed by atoms with Crippen LogP contribution in [-0.2, 0) is 0 Å². The average Bonchev–Trinajstić information content (AvgIpc) is 3.26. The first-order valence-corrected chi connectivity index (χ1v) is 6.69. The SMILES string of the molecule is c1cnc(-c2ccn(-c3cnn(-c4cccnc4)c3)n2)nc1. The normalized spacial score (nSPS) is 10.7. The first-order chi connectivity index (χ1) is 10.9. The lowest BCUT2D eigenvalue weighted by atomic mass is 10.4. The Labute approximate surface area is 125 Å². The smallest absolute Gasteiger partial charge is 0.180 e. The van der Waals surface area contributed by atoms with Gasteiger partial charge in [-0.15, -0.1) is 0 Å². The van der Waals surface area contributed by atoms with Crippen LogP contribution in [0.3, 0.4) is 0 Å². The summed E-state index contributed by atoms with van der Waals surface area (Å²) in [5.41, 5.74) is 2.47. The second-order valence-electron chi connectivity index (χ2n) is 4.57. The highest BCUT2D eigenvalue weighted by Gasteiger charge is 2.08. The summed E-state index contributed by atoms with van der Waals surface area (Å²) in [6.07, 6.45) is 12.4. The van der Waals surface area contributed by atoms with E-state index < -0.39 is 0 Å². The molecule has 7 heteroatoms. The van der Waals surface area contributed by atoms with Crippen LogP contribution in [0.25, 0.3) is 22.9 Å². The molecule has 0 bridgehead atoms. The number of hydrogen-bond donors (Lipinski definition) is 0. The lowest BCUT2D eigenvalue weighted by Crippen LogP contribution is -1.96. The standard InChI is InChI=1S/C15H11N7/c1-3-12(9-16-5-1)22-11-13(10-19-22)21-8-4-14(20-21)15-17-6-2-7-18-15/h1-11H. The molecule has 4 aromatic rings. The quantitative estimate of drug-likeness (QED) is 0.576. The predicted octanol–water partition coefficient (Wildman–Crippen LogP) is 1.91. The molecule has 0 atom stereocenters. The second-order valence-corrected chi connectivity index (χ2v) is 4.57. The van der Waals surface area contributed by atoms with Crippen molar-refractivity contribution in [3.05, 3.63) is 67.6 Å². The Bertz CT molecular complexity index is 805. The summed E-state index contributed by atoms with van der Waals surface area (Å²) in [6.45, 7) is 0. The fourth-order valence-electron chi connectivity index (χ4n) is 2.08. The van der Waals surface area contributed by atoms with Crippen molar-refractivity contribution in [1.29, 1.82) is 0 Å². The molecule has 0 aromatic carbocycles. The van der Waals surface area contributed by atoms with E-state index in [1.54, 1.807) is 46.4 Å². The summed E-state index contributed by atoms with van der Waals surface area (Å²) in [5.74, 6) is 0.598. The van der Waals surface area contributed by atoms with E-state index in [2.05, 4.69) is 25.1 Å². The summed E-state index contributed by atoms with van der Waals surface area (Å²) in [7, 11) is 0. The van der Waals surface area contributed by atoms with Crippen LogP contribution in [0.5, 0.6) is 0 Å². The molecule has 0 aliphatic rings. The lowest BCUT2D eigenvalue weighted by molar-refractivity contribution is 0.864. The van der Waals surface area contributed by atoms with Crippen LogP contribution in [0.4, 0.5) is 0 Å². The Morgan fingerprint density at radius 1 is 0.818 bits per heavy atom. The molecule has 0 aliphatic carbocycles. The Kier molecular flexibility index (Phi) is 2.93. The lowest BCUT2D eigenvalue weighted by Gasteiger charge is -1.98. The molecular weight excluding hydrogens is 278 g/mol. The number of rotatable bonds is 3. The Hall–Kier alpha value is -3.35. The molecule has 106 valence electrons. The van der Waals surface area contributed by atoms with Crippen molar-refractivity contribution in [2.45, 2.75) is 0 Å². The van der Waals surface area contributed by atoms with Crippen molar-refractivity contribution in [3.63, 3.8) is 0 Å². The third kappa shape index (κ3) is 2.24. The third-order valence-electron chi connectivity index (χ3n) is 3.13. The largest absolute Gasteiger partial charge is 0.262 e. The molecule has 0 radical (unpaired) electrons. The maximum Gasteiger partial charge on any atom is 0.180 e. The Balaban J connectivity index is 1.66. The van der Waals surface area contributed by atoms with Crippen LogP contribution >= 0.6 is 0 Å². The minimum Gasteiger partial charge on any atom is -0.262 e. The molecule has 0 N–H and O–H groups in total. The van der Waals surface area contributed by atoms with Gasteiger partial charge < -0.3 is 0 Å². The fraction of sp³-hybridized carbons (Fsp3) is 0. The van der Waals surface area contributed by atoms with E-state index in [-0.39, 0.29) is 0 Å². The van der Waals surface area contributed by atoms with Crippen molar-refractivity contribution in [2.24, 2.45) is 0 Å². The molecule has 0 fully saturated rings. The second kappa shape index (κ2) is 5.21. The van der Waals surface area contributed by atoms with Gasteiger partial charge in [-0.05, 0) is 24.3 Å². The van der Waals surface area contributed by atoms with Gasteiger partial charge in [0.15, 0.2) is 5.82 Å². The zero-order chi connectivity index (χ0) is 14.8. The van der Waals surface area contributed by atoms with Crippen LogP contribution in [0.2, 0.25) is 0 Å². The van der Waals surface area contributed by atoms with Crippen molar-refractivity contribution >= 4 is 0 Å². The van der Waals surface area contributed by atoms with Gasteiger partial charge in [0.25, 0.3) is 0 Å². The van der Waals surface area contributed by atoms with E-state index in [0.29, 0.717) is 5.82 Å². The van der Waals surface area contributed by atoms with Crippen molar-refractivity contribution in [2.75, 3.05) is 0 Å². The molecule has 4 heterocycles. The zero-order valence-corrected chi connectivity index (χ0v) is 11.5. The van der Waals surface area contributed by atoms with Crippen LogP contribution < -0.4 is 0 Å². The van der Waals surface area contributed by atoms with Gasteiger partial charge in [0.2, 0.25) is 0 Å². The summed E-state index contributed by atoms with van der Waals surface area (Å²) < 4.78 is 3.49. The fourth-order valence-corrected chi connectivity index (χ4v) is 2.08. The molecule has 22 heavy (non-hydrogen) atoms. The maximum atomic E-state index is 4.48. The van der Waals surface area contributed by atoms with Crippen molar-refractivity contribution in [3.8, 4) is 22.9 Å². The molecule has 4 rings (SSSR count). The van der Waals surface area contributed by atoms with Gasteiger partial charge in [0, 0.05) is 24.8 Å². The van der Waals surface area contributed by atoms with E-state index in [9.17, 15) is 0 Å². The highest BCUT2D eigenvalue weighted by atomic mass is 15.3. The number of hydrogen-bond acceptors (Lipinski definition) is 5. The van der Waals surface area contributed by atoms with Gasteiger partial charge in [-0.25, -0.2) is 19.3 Å². The van der Waals surface area contributed by atoms with Crippen LogP contribution in [0.15, 0.2) is 67.6 Å². The van der Waals surface area contributed by atoms with Gasteiger partial charge in [-0.3, -0.25) is 4.98 Å². The van der Waals surface area contributed by atoms with Gasteiger partial charge >= 0.3 is 0 Å². The molecule has 0 aliphatic heterocycles.